The van der Waals surface area contributed by atoms with Crippen LogP contribution < -0.4 is 0 Å². The zero-order chi connectivity index (χ0) is 37.1. The van der Waals surface area contributed by atoms with Gasteiger partial charge in [-0.25, -0.2) is 0 Å². The fraction of sp³-hybridized carbons (Fsp3) is 0.659. The van der Waals surface area contributed by atoms with E-state index < -0.39 is 47.7 Å². The molecule has 0 radical (unpaired) electrons. The number of hydrogen-bond acceptors (Lipinski definition) is 8. The molecule has 8 heteroatoms. The summed E-state index contributed by atoms with van der Waals surface area (Å²) in [6, 6.07) is 10.1. The number of rotatable bonds is 15. The first-order valence-electron chi connectivity index (χ1n) is 19.9. The summed E-state index contributed by atoms with van der Waals surface area (Å²) in [6.07, 6.45) is 16.4. The molecule has 6 rings (SSSR count). The first-order valence-corrected chi connectivity index (χ1v) is 19.9. The second-order valence-electron chi connectivity index (χ2n) is 17.0. The number of Topliss-reactive ketones (excluding diaryl/α,β-unsaturated/α-hetero) is 1. The molecule has 5 aliphatic carbocycles. The summed E-state index contributed by atoms with van der Waals surface area (Å²) in [5, 5.41) is 43.7. The highest BCUT2D eigenvalue weighted by atomic mass is 16.5. The lowest BCUT2D eigenvalue weighted by Crippen LogP contribution is -2.55. The van der Waals surface area contributed by atoms with Crippen molar-refractivity contribution < 1.29 is 39.5 Å². The number of ether oxygens (including phenoxy) is 1. The highest BCUT2D eigenvalue weighted by Gasteiger charge is 2.64. The van der Waals surface area contributed by atoms with Gasteiger partial charge in [0.15, 0.2) is 12.4 Å². The van der Waals surface area contributed by atoms with Gasteiger partial charge >= 0.3 is 5.97 Å². The zero-order valence-electron chi connectivity index (χ0n) is 31.2. The molecule has 3 fully saturated rings. The van der Waals surface area contributed by atoms with Gasteiger partial charge in [-0.05, 0) is 125 Å². The highest BCUT2D eigenvalue weighted by Crippen LogP contribution is 2.65. The number of hydrogen-bond donors (Lipinski definition) is 4. The number of aliphatic hydroxyl groups is 4. The molecule has 0 amide bonds. The van der Waals surface area contributed by atoms with Crippen molar-refractivity contribution in [2.24, 2.45) is 34.5 Å². The molecule has 10 atom stereocenters. The number of esters is 1. The third kappa shape index (κ3) is 7.82. The number of aryl methyl sites for hydroxylation is 1. The molecule has 0 heterocycles. The van der Waals surface area contributed by atoms with Crippen LogP contribution in [0.3, 0.4) is 0 Å². The summed E-state index contributed by atoms with van der Waals surface area (Å²) >= 11 is 0. The van der Waals surface area contributed by atoms with Gasteiger partial charge in [0.2, 0.25) is 5.78 Å². The Morgan fingerprint density at radius 3 is 2.56 bits per heavy atom. The minimum atomic E-state index is -1.54. The molecule has 5 aliphatic rings. The van der Waals surface area contributed by atoms with Crippen LogP contribution in [0.25, 0.3) is 0 Å². The molecule has 1 aromatic carbocycles. The Morgan fingerprint density at radius 1 is 1.00 bits per heavy atom. The lowest BCUT2D eigenvalue weighted by Gasteiger charge is -2.54. The normalized spacial score (nSPS) is 36.1. The predicted octanol–water partition coefficient (Wildman–Crippen LogP) is 6.53. The summed E-state index contributed by atoms with van der Waals surface area (Å²) in [6.45, 7) is 3.87. The lowest BCUT2D eigenvalue weighted by atomic mass is 9.50. The van der Waals surface area contributed by atoms with E-state index in [4.69, 9.17) is 4.74 Å². The lowest BCUT2D eigenvalue weighted by molar-refractivity contribution is -0.163. The van der Waals surface area contributed by atoms with Crippen molar-refractivity contribution in [1.82, 2.24) is 0 Å². The number of allylic oxidation sites excluding steroid dienone is 6. The Morgan fingerprint density at radius 2 is 1.77 bits per heavy atom. The predicted molar refractivity (Wildman–Crippen MR) is 199 cm³/mol. The van der Waals surface area contributed by atoms with Crippen LogP contribution in [0.5, 0.6) is 0 Å². The van der Waals surface area contributed by atoms with Crippen molar-refractivity contribution in [1.29, 1.82) is 0 Å². The van der Waals surface area contributed by atoms with Crippen molar-refractivity contribution >= 4 is 17.5 Å². The van der Waals surface area contributed by atoms with Gasteiger partial charge in [0.1, 0.15) is 5.60 Å². The molecule has 1 aromatic rings. The number of carbonyl (C=O) groups excluding carboxylic acids is 3. The fourth-order valence-corrected chi connectivity index (χ4v) is 10.8. The third-order valence-electron chi connectivity index (χ3n) is 14.1. The molecule has 0 aromatic heterocycles. The van der Waals surface area contributed by atoms with E-state index in [-0.39, 0.29) is 41.3 Å². The Hall–Kier alpha value is -2.91. The van der Waals surface area contributed by atoms with Crippen LogP contribution in [-0.4, -0.2) is 68.5 Å². The second-order valence-corrected chi connectivity index (χ2v) is 17.0. The quantitative estimate of drug-likeness (QED) is 0.0913. The second kappa shape index (κ2) is 16.2. The van der Waals surface area contributed by atoms with Gasteiger partial charge in [0.05, 0.1) is 18.3 Å². The van der Waals surface area contributed by atoms with E-state index in [9.17, 15) is 34.8 Å². The summed E-state index contributed by atoms with van der Waals surface area (Å²) in [5.74, 6) is -0.356. The first kappa shape index (κ1) is 38.8. The largest absolute Gasteiger partial charge is 0.458 e. The third-order valence-corrected chi connectivity index (χ3v) is 14.1. The minimum absolute atomic E-state index is 0.0720. The maximum atomic E-state index is 13.6. The van der Waals surface area contributed by atoms with E-state index in [0.717, 1.165) is 32.1 Å². The van der Waals surface area contributed by atoms with Crippen LogP contribution >= 0.6 is 0 Å². The number of ketones is 2. The monoisotopic (exact) mass is 716 g/mol. The Bertz CT molecular complexity index is 1550. The van der Waals surface area contributed by atoms with Gasteiger partial charge in [-0.2, -0.15) is 0 Å². The molecule has 0 unspecified atom stereocenters. The Kier molecular flexibility index (Phi) is 12.1. The molecule has 0 aliphatic heterocycles. The highest BCUT2D eigenvalue weighted by molar-refractivity contribution is 5.92. The number of aliphatic hydroxyl groups excluding tert-OH is 3. The molecule has 4 N–H and O–H groups in total. The van der Waals surface area contributed by atoms with E-state index in [0.29, 0.717) is 64.2 Å². The minimum Gasteiger partial charge on any atom is -0.458 e. The van der Waals surface area contributed by atoms with Crippen molar-refractivity contribution in [3.8, 4) is 0 Å². The van der Waals surface area contributed by atoms with E-state index in [1.807, 2.05) is 43.4 Å². The maximum absolute atomic E-state index is 13.6. The molecule has 284 valence electrons. The van der Waals surface area contributed by atoms with Crippen LogP contribution in [0.2, 0.25) is 0 Å². The van der Waals surface area contributed by atoms with E-state index in [1.54, 1.807) is 0 Å². The zero-order valence-corrected chi connectivity index (χ0v) is 31.2. The van der Waals surface area contributed by atoms with Crippen molar-refractivity contribution in [2.75, 3.05) is 6.61 Å². The summed E-state index contributed by atoms with van der Waals surface area (Å²) in [5.41, 5.74) is 1.54. The Labute approximate surface area is 309 Å². The number of carbonyl (C=O) groups is 3. The van der Waals surface area contributed by atoms with Crippen LogP contribution in [0.4, 0.5) is 0 Å². The molecule has 8 nitrogen and oxygen atoms in total. The van der Waals surface area contributed by atoms with Crippen molar-refractivity contribution in [3.63, 3.8) is 0 Å². The van der Waals surface area contributed by atoms with Gasteiger partial charge in [0, 0.05) is 23.7 Å². The van der Waals surface area contributed by atoms with Gasteiger partial charge < -0.3 is 25.2 Å². The molecule has 0 bridgehead atoms. The van der Waals surface area contributed by atoms with Gasteiger partial charge in [0.25, 0.3) is 0 Å². The Balaban J connectivity index is 0.920. The average molecular weight is 717 g/mol. The van der Waals surface area contributed by atoms with E-state index >= 15 is 0 Å². The van der Waals surface area contributed by atoms with E-state index in [2.05, 4.69) is 25.1 Å². The van der Waals surface area contributed by atoms with Crippen LogP contribution in [0, 0.1) is 34.5 Å². The molecule has 52 heavy (non-hydrogen) atoms. The van der Waals surface area contributed by atoms with Gasteiger partial charge in [-0.3, -0.25) is 14.4 Å². The topological polar surface area (TPSA) is 141 Å². The SMILES string of the molecule is C[C@]12CCC(=O)C=C1CC[C@@H]1C2=CC[C@@]2(C)[C@H]1CC[C@]2(O)C(=O)COC(=O)CCC/C=C\C[C@@H]1[C@@H](CC[C@@H](O)CCc2ccccc2)[C@H](O)C[C@@H]1O. The number of unbranched alkanes of at least 4 members (excludes halogenated alkanes) is 1. The number of fused-ring (bicyclic) bond motifs is 5. The molecule has 3 saturated carbocycles. The molecular formula is C44H60O8. The van der Waals surface area contributed by atoms with Crippen LogP contribution in [-0.2, 0) is 25.5 Å². The molecule has 0 saturated heterocycles. The molecular weight excluding hydrogens is 656 g/mol. The van der Waals surface area contributed by atoms with Gasteiger partial charge in [-0.1, -0.05) is 73.6 Å². The van der Waals surface area contributed by atoms with Crippen molar-refractivity contribution in [2.45, 2.75) is 140 Å². The first-order chi connectivity index (χ1) is 24.9. The molecule has 0 spiro atoms. The average Bonchev–Trinajstić information content (AvgIpc) is 3.57. The van der Waals surface area contributed by atoms with Gasteiger partial charge in [-0.15, -0.1) is 0 Å². The smallest absolute Gasteiger partial charge is 0.306 e. The fourth-order valence-electron chi connectivity index (χ4n) is 10.8. The van der Waals surface area contributed by atoms with E-state index in [1.165, 1.54) is 16.7 Å². The van der Waals surface area contributed by atoms with Crippen molar-refractivity contribution in [3.05, 3.63) is 71.3 Å². The summed E-state index contributed by atoms with van der Waals surface area (Å²) in [4.78, 5) is 38.3. The summed E-state index contributed by atoms with van der Waals surface area (Å²) < 4.78 is 5.42. The maximum Gasteiger partial charge on any atom is 0.306 e. The summed E-state index contributed by atoms with van der Waals surface area (Å²) in [7, 11) is 0. The number of benzene rings is 1. The van der Waals surface area contributed by atoms with Crippen LogP contribution in [0.15, 0.2) is 65.8 Å². The standard InChI is InChI=1S/C44H60O8/c1-42-23-20-32(46)26-30(42)15-18-35-36(42)21-24-43(2)37(35)22-25-44(43,51)40(49)28-52-41(50)13-9-4-3-8-12-33-34(39(48)27-38(33)47)19-17-31(45)16-14-29-10-6-5-7-11-29/h3,5-8,10-11,21,26,31,33-35,37-39,45,47-48,51H,4,9,12-20,22-25,27-28H2,1-2H3/b8-3-/t31-,33+,34+,35+,37-,38-,39+,42-,43-,44-/m0/s1. The van der Waals surface area contributed by atoms with Crippen LogP contribution in [0.1, 0.15) is 116 Å².